The first-order valence-electron chi connectivity index (χ1n) is 6.49. The molecule has 0 aromatic heterocycles. The molecule has 0 saturated heterocycles. The Morgan fingerprint density at radius 2 is 2.00 bits per heavy atom. The third-order valence-electron chi connectivity index (χ3n) is 3.10. The summed E-state index contributed by atoms with van der Waals surface area (Å²) in [5, 5.41) is 0. The molecule has 2 N–H and O–H groups in total. The number of thiocarbonyl (C=S) groups is 1. The van der Waals surface area contributed by atoms with Crippen LogP contribution in [0.5, 0.6) is 0 Å². The highest BCUT2D eigenvalue weighted by atomic mass is 32.1. The second-order valence-corrected chi connectivity index (χ2v) is 5.65. The minimum atomic E-state index is 0.0451. The fourth-order valence-electron chi connectivity index (χ4n) is 2.03. The highest BCUT2D eigenvalue weighted by molar-refractivity contribution is 7.80. The summed E-state index contributed by atoms with van der Waals surface area (Å²) in [7, 11) is 0. The summed E-state index contributed by atoms with van der Waals surface area (Å²) in [6.07, 6.45) is 0.560. The van der Waals surface area contributed by atoms with Gasteiger partial charge in [-0.15, -0.1) is 0 Å². The van der Waals surface area contributed by atoms with Gasteiger partial charge in [0.25, 0.3) is 5.91 Å². The molecule has 1 rings (SSSR count). The van der Waals surface area contributed by atoms with E-state index in [-0.39, 0.29) is 11.9 Å². The highest BCUT2D eigenvalue weighted by Crippen LogP contribution is 2.15. The van der Waals surface area contributed by atoms with E-state index in [0.717, 1.165) is 16.7 Å². The molecule has 0 atom stereocenters. The largest absolute Gasteiger partial charge is 0.393 e. The molecule has 0 spiro atoms. The standard InChI is InChI=1S/C15H22N2OS/c1-10(2)17(8-7-14(16)19)15(18)13-6-5-11(3)9-12(13)4/h5-6,9-10H,7-8H2,1-4H3,(H2,16,19). The summed E-state index contributed by atoms with van der Waals surface area (Å²) in [4.78, 5) is 14.8. The Morgan fingerprint density at radius 1 is 1.37 bits per heavy atom. The van der Waals surface area contributed by atoms with E-state index in [4.69, 9.17) is 18.0 Å². The minimum Gasteiger partial charge on any atom is -0.393 e. The van der Waals surface area contributed by atoms with Crippen LogP contribution in [-0.4, -0.2) is 28.4 Å². The molecule has 0 aliphatic carbocycles. The van der Waals surface area contributed by atoms with Crippen LogP contribution in [0.3, 0.4) is 0 Å². The van der Waals surface area contributed by atoms with Crippen LogP contribution in [0.25, 0.3) is 0 Å². The second kappa shape index (κ2) is 6.66. The lowest BCUT2D eigenvalue weighted by molar-refractivity contribution is 0.0711. The van der Waals surface area contributed by atoms with E-state index >= 15 is 0 Å². The molecule has 1 aromatic carbocycles. The molecule has 0 bridgehead atoms. The number of rotatable bonds is 5. The Kier molecular flexibility index (Phi) is 5.48. The average Bonchev–Trinajstić information content (AvgIpc) is 2.27. The van der Waals surface area contributed by atoms with Crippen LogP contribution in [-0.2, 0) is 0 Å². The Bertz CT molecular complexity index is 483. The lowest BCUT2D eigenvalue weighted by Crippen LogP contribution is -2.39. The van der Waals surface area contributed by atoms with E-state index < -0.39 is 0 Å². The predicted molar refractivity (Wildman–Crippen MR) is 83.5 cm³/mol. The smallest absolute Gasteiger partial charge is 0.254 e. The van der Waals surface area contributed by atoms with Crippen LogP contribution in [0, 0.1) is 13.8 Å². The molecular weight excluding hydrogens is 256 g/mol. The monoisotopic (exact) mass is 278 g/mol. The first-order valence-corrected chi connectivity index (χ1v) is 6.90. The zero-order chi connectivity index (χ0) is 14.6. The van der Waals surface area contributed by atoms with E-state index in [1.54, 1.807) is 0 Å². The summed E-state index contributed by atoms with van der Waals surface area (Å²) < 4.78 is 0. The van der Waals surface area contributed by atoms with E-state index in [9.17, 15) is 4.79 Å². The van der Waals surface area contributed by atoms with Gasteiger partial charge in [-0.3, -0.25) is 4.79 Å². The van der Waals surface area contributed by atoms with Crippen LogP contribution >= 0.6 is 12.2 Å². The molecule has 0 heterocycles. The Hall–Kier alpha value is -1.42. The summed E-state index contributed by atoms with van der Waals surface area (Å²) in [6, 6.07) is 6.01. The van der Waals surface area contributed by atoms with Gasteiger partial charge in [-0.25, -0.2) is 0 Å². The summed E-state index contributed by atoms with van der Waals surface area (Å²) in [5.41, 5.74) is 8.44. The van der Waals surface area contributed by atoms with Crippen molar-refractivity contribution >= 4 is 23.1 Å². The predicted octanol–water partition coefficient (Wildman–Crippen LogP) is 2.83. The Labute approximate surface area is 120 Å². The number of amides is 1. The van der Waals surface area contributed by atoms with Gasteiger partial charge in [0, 0.05) is 24.6 Å². The van der Waals surface area contributed by atoms with Gasteiger partial charge < -0.3 is 10.6 Å². The van der Waals surface area contributed by atoms with Gasteiger partial charge in [0.2, 0.25) is 0 Å². The second-order valence-electron chi connectivity index (χ2n) is 5.13. The van der Waals surface area contributed by atoms with Gasteiger partial charge in [-0.1, -0.05) is 29.9 Å². The number of benzene rings is 1. The molecule has 0 radical (unpaired) electrons. The molecule has 3 nitrogen and oxygen atoms in total. The van der Waals surface area contributed by atoms with Crippen molar-refractivity contribution in [2.75, 3.05) is 6.54 Å². The number of nitrogens with zero attached hydrogens (tertiary/aromatic N) is 1. The molecule has 1 amide bonds. The van der Waals surface area contributed by atoms with Crippen molar-refractivity contribution in [3.63, 3.8) is 0 Å². The fourth-order valence-corrected chi connectivity index (χ4v) is 2.12. The van der Waals surface area contributed by atoms with Crippen molar-refractivity contribution in [1.82, 2.24) is 4.90 Å². The molecule has 0 unspecified atom stereocenters. The van der Waals surface area contributed by atoms with Crippen molar-refractivity contribution in [2.24, 2.45) is 5.73 Å². The molecule has 19 heavy (non-hydrogen) atoms. The third-order valence-corrected chi connectivity index (χ3v) is 3.30. The van der Waals surface area contributed by atoms with Gasteiger partial charge >= 0.3 is 0 Å². The Balaban J connectivity index is 2.95. The van der Waals surface area contributed by atoms with Crippen molar-refractivity contribution in [1.29, 1.82) is 0 Å². The normalized spacial score (nSPS) is 10.6. The first kappa shape index (κ1) is 15.6. The summed E-state index contributed by atoms with van der Waals surface area (Å²) in [6.45, 7) is 8.56. The number of carbonyl (C=O) groups excluding carboxylic acids is 1. The lowest BCUT2D eigenvalue weighted by atomic mass is 10.0. The third kappa shape index (κ3) is 4.31. The van der Waals surface area contributed by atoms with Crippen LogP contribution < -0.4 is 5.73 Å². The van der Waals surface area contributed by atoms with Gasteiger partial charge in [-0.2, -0.15) is 0 Å². The van der Waals surface area contributed by atoms with Gasteiger partial charge in [0.1, 0.15) is 0 Å². The molecular formula is C15H22N2OS. The average molecular weight is 278 g/mol. The SMILES string of the molecule is Cc1ccc(C(=O)N(CCC(N)=S)C(C)C)c(C)c1. The molecule has 4 heteroatoms. The van der Waals surface area contributed by atoms with Gasteiger partial charge in [0.05, 0.1) is 4.99 Å². The number of hydrogen-bond acceptors (Lipinski definition) is 2. The van der Waals surface area contributed by atoms with E-state index in [0.29, 0.717) is 18.0 Å². The highest BCUT2D eigenvalue weighted by Gasteiger charge is 2.20. The van der Waals surface area contributed by atoms with Crippen molar-refractivity contribution in [2.45, 2.75) is 40.2 Å². The molecule has 1 aromatic rings. The number of hydrogen-bond donors (Lipinski definition) is 1. The summed E-state index contributed by atoms with van der Waals surface area (Å²) in [5.74, 6) is 0.0451. The van der Waals surface area contributed by atoms with E-state index in [1.807, 2.05) is 50.8 Å². The first-order chi connectivity index (χ1) is 8.82. The number of nitrogens with two attached hydrogens (primary N) is 1. The maximum Gasteiger partial charge on any atom is 0.254 e. The zero-order valence-corrected chi connectivity index (χ0v) is 12.9. The van der Waals surface area contributed by atoms with Crippen LogP contribution in [0.2, 0.25) is 0 Å². The van der Waals surface area contributed by atoms with Crippen LogP contribution in [0.4, 0.5) is 0 Å². The summed E-state index contributed by atoms with van der Waals surface area (Å²) >= 11 is 4.89. The quantitative estimate of drug-likeness (QED) is 0.842. The minimum absolute atomic E-state index is 0.0451. The molecule has 0 saturated carbocycles. The molecule has 0 fully saturated rings. The van der Waals surface area contributed by atoms with E-state index in [1.165, 1.54) is 0 Å². The van der Waals surface area contributed by atoms with Crippen LogP contribution in [0.15, 0.2) is 18.2 Å². The Morgan fingerprint density at radius 3 is 2.47 bits per heavy atom. The van der Waals surface area contributed by atoms with Crippen molar-refractivity contribution in [3.8, 4) is 0 Å². The fraction of sp³-hybridized carbons (Fsp3) is 0.467. The van der Waals surface area contributed by atoms with Gasteiger partial charge in [-0.05, 0) is 39.3 Å². The topological polar surface area (TPSA) is 46.3 Å². The van der Waals surface area contributed by atoms with E-state index in [2.05, 4.69) is 0 Å². The molecule has 0 aliphatic rings. The number of aryl methyl sites for hydroxylation is 2. The maximum absolute atomic E-state index is 12.6. The number of carbonyl (C=O) groups is 1. The van der Waals surface area contributed by atoms with Crippen molar-refractivity contribution < 1.29 is 4.79 Å². The zero-order valence-electron chi connectivity index (χ0n) is 12.1. The van der Waals surface area contributed by atoms with Crippen LogP contribution in [0.1, 0.15) is 41.8 Å². The molecule has 104 valence electrons. The molecule has 0 aliphatic heterocycles. The van der Waals surface area contributed by atoms with Crippen molar-refractivity contribution in [3.05, 3.63) is 34.9 Å². The maximum atomic E-state index is 12.6. The van der Waals surface area contributed by atoms with Gasteiger partial charge in [0.15, 0.2) is 0 Å². The lowest BCUT2D eigenvalue weighted by Gasteiger charge is -2.27.